The van der Waals surface area contributed by atoms with Crippen molar-refractivity contribution in [1.29, 1.82) is 10.5 Å². The van der Waals surface area contributed by atoms with E-state index in [0.717, 1.165) is 12.1 Å². The second-order valence-electron chi connectivity index (χ2n) is 7.39. The zero-order valence-corrected chi connectivity index (χ0v) is 18.2. The van der Waals surface area contributed by atoms with Crippen LogP contribution in [-0.2, 0) is 12.8 Å². The highest BCUT2D eigenvalue weighted by Crippen LogP contribution is 3.04. The molecule has 192 valence electrons. The van der Waals surface area contributed by atoms with Crippen molar-refractivity contribution < 1.29 is 47.6 Å². The molecule has 0 amide bonds. The van der Waals surface area contributed by atoms with Crippen molar-refractivity contribution in [3.63, 3.8) is 0 Å². The smallest absolute Gasteiger partial charge is 0.207 e. The lowest BCUT2D eigenvalue weighted by Crippen LogP contribution is -2.34. The first-order valence-electron chi connectivity index (χ1n) is 8.59. The van der Waals surface area contributed by atoms with Gasteiger partial charge in [0.25, 0.3) is 0 Å². The largest absolute Gasteiger partial charge is 0.525 e. The van der Waals surface area contributed by atoms with Crippen LogP contribution in [0.25, 0.3) is 21.3 Å². The normalized spacial score (nSPS) is 18.9. The van der Waals surface area contributed by atoms with E-state index >= 15 is 8.78 Å². The molecule has 4 nitrogen and oxygen atoms in total. The lowest BCUT2D eigenvalue weighted by molar-refractivity contribution is 0.352. The summed E-state index contributed by atoms with van der Waals surface area (Å²) in [6.45, 7) is 13.4. The van der Waals surface area contributed by atoms with Gasteiger partial charge in [0.1, 0.15) is 52.3 Å². The highest BCUT2D eigenvalue weighted by Gasteiger charge is 2.72. The topological polar surface area (TPSA) is 56.3 Å². The van der Waals surface area contributed by atoms with Crippen LogP contribution in [0, 0.1) is 35.8 Å². The van der Waals surface area contributed by atoms with Crippen LogP contribution in [0.1, 0.15) is 11.1 Å². The Labute approximate surface area is 192 Å². The monoisotopic (exact) mass is 568 g/mol. The number of halogens is 12. The van der Waals surface area contributed by atoms with Gasteiger partial charge >= 0.3 is 26.3 Å². The van der Waals surface area contributed by atoms with Crippen molar-refractivity contribution >= 4 is 32.1 Å². The van der Waals surface area contributed by atoms with Crippen molar-refractivity contribution in [1.82, 2.24) is 0 Å². The molecular weight excluding hydrogens is 564 g/mol. The Morgan fingerprint density at radius 3 is 1.31 bits per heavy atom. The van der Waals surface area contributed by atoms with E-state index in [4.69, 9.17) is 23.7 Å². The zero-order chi connectivity index (χ0) is 28.0. The predicted molar refractivity (Wildman–Crippen MR) is 103 cm³/mol. The fourth-order valence-corrected chi connectivity index (χ4v) is 6.44. The average molecular weight is 568 g/mol. The first-order chi connectivity index (χ1) is 15.8. The van der Waals surface area contributed by atoms with Gasteiger partial charge in [0.2, 0.25) is 0 Å². The van der Waals surface area contributed by atoms with Gasteiger partial charge in [-0.25, -0.2) is 8.78 Å². The van der Waals surface area contributed by atoms with Crippen LogP contribution in [0.4, 0.5) is 47.6 Å². The second kappa shape index (κ2) is 6.14. The van der Waals surface area contributed by atoms with E-state index in [1.807, 2.05) is 0 Å². The minimum absolute atomic E-state index is 0.903. The fraction of sp³-hybridized carbons (Fsp3) is 0.111. The number of hydrogen-bond acceptors (Lipinski definition) is 2. The highest BCUT2D eigenvalue weighted by atomic mass is 32.5. The van der Waals surface area contributed by atoms with Crippen molar-refractivity contribution in [2.75, 3.05) is 0 Å². The molecule has 0 radical (unpaired) electrons. The number of rotatable bonds is 2. The SMILES string of the molecule is [C-]#[N+]C([N+]#[C-])=C1Cc2c(S(F)(F)(F)(F)F)c3c(c(S(F)(F)(F)(F)F)c2=C1F)CC(=C(C#N)C#N)C=3F. The summed E-state index contributed by atoms with van der Waals surface area (Å²) in [7, 11) is -22.7. The summed E-state index contributed by atoms with van der Waals surface area (Å²) >= 11 is 0. The number of fused-ring (bicyclic) bond motifs is 2. The minimum atomic E-state index is -11.4. The predicted octanol–water partition coefficient (Wildman–Crippen LogP) is 7.66. The molecule has 0 N–H and O–H groups in total. The van der Waals surface area contributed by atoms with Crippen molar-refractivity contribution in [3.05, 3.63) is 66.9 Å². The van der Waals surface area contributed by atoms with E-state index in [1.54, 1.807) is 0 Å². The fourth-order valence-electron chi connectivity index (χ4n) is 3.96. The van der Waals surface area contributed by atoms with Crippen LogP contribution in [0.15, 0.2) is 32.3 Å². The lowest BCUT2D eigenvalue weighted by atomic mass is 10.0. The Hall–Kier alpha value is -3.74. The number of nitrogens with zero attached hydrogens (tertiary/aromatic N) is 4. The number of nitriles is 2. The molecular formula is C18H4F12N4S2. The Kier molecular flexibility index (Phi) is 4.58. The van der Waals surface area contributed by atoms with E-state index in [9.17, 15) is 38.9 Å². The first kappa shape index (κ1) is 26.9. The van der Waals surface area contributed by atoms with E-state index in [1.165, 1.54) is 0 Å². The molecule has 1 aromatic rings. The molecule has 1 aromatic carbocycles. The summed E-state index contributed by atoms with van der Waals surface area (Å²) in [5.74, 6) is -6.79. The maximum atomic E-state index is 15.0. The van der Waals surface area contributed by atoms with E-state index in [-0.39, 0.29) is 0 Å². The number of hydrogen-bond donors (Lipinski definition) is 0. The van der Waals surface area contributed by atoms with Crippen molar-refractivity contribution in [2.45, 2.75) is 22.6 Å². The molecule has 0 aromatic heterocycles. The molecule has 0 spiro atoms. The molecule has 2 aliphatic carbocycles. The molecule has 0 fully saturated rings. The molecule has 18 heteroatoms. The summed E-state index contributed by atoms with van der Waals surface area (Å²) in [5.41, 5.74) is -9.66. The molecule has 2 aliphatic rings. The van der Waals surface area contributed by atoms with Gasteiger partial charge < -0.3 is 0 Å². The summed E-state index contributed by atoms with van der Waals surface area (Å²) in [5, 5.41) is 12.3. The number of allylic oxidation sites excluding steroid dienone is 3. The molecule has 0 bridgehead atoms. The molecule has 36 heavy (non-hydrogen) atoms. The summed E-state index contributed by atoms with van der Waals surface area (Å²) in [6.07, 6.45) is -4.02. The van der Waals surface area contributed by atoms with Gasteiger partial charge in [-0.1, -0.05) is 38.9 Å². The molecule has 0 unspecified atom stereocenters. The number of benzene rings is 1. The van der Waals surface area contributed by atoms with Gasteiger partial charge in [-0.2, -0.15) is 20.2 Å². The zero-order valence-electron chi connectivity index (χ0n) is 16.6. The summed E-state index contributed by atoms with van der Waals surface area (Å²) < 4.78 is 171. The maximum Gasteiger partial charge on any atom is 0.525 e. The van der Waals surface area contributed by atoms with E-state index < -0.39 is 98.8 Å². The van der Waals surface area contributed by atoms with Gasteiger partial charge in [0.05, 0.1) is 5.57 Å². The molecule has 0 aliphatic heterocycles. The molecule has 0 saturated heterocycles. The van der Waals surface area contributed by atoms with Crippen LogP contribution in [0.3, 0.4) is 0 Å². The van der Waals surface area contributed by atoms with Crippen LogP contribution < -0.4 is 10.4 Å². The maximum absolute atomic E-state index is 15.0. The van der Waals surface area contributed by atoms with Gasteiger partial charge in [0, 0.05) is 28.9 Å². The van der Waals surface area contributed by atoms with Crippen LogP contribution in [0.2, 0.25) is 0 Å². The van der Waals surface area contributed by atoms with Crippen LogP contribution in [-0.4, -0.2) is 0 Å². The van der Waals surface area contributed by atoms with E-state index in [2.05, 4.69) is 9.69 Å². The quantitative estimate of drug-likeness (QED) is 0.209. The van der Waals surface area contributed by atoms with Crippen molar-refractivity contribution in [3.8, 4) is 12.1 Å². The summed E-state index contributed by atoms with van der Waals surface area (Å²) in [6, 6.07) is 1.81. The van der Waals surface area contributed by atoms with Crippen molar-refractivity contribution in [2.24, 2.45) is 0 Å². The molecule has 0 heterocycles. The Bertz CT molecular complexity index is 1530. The van der Waals surface area contributed by atoms with Gasteiger partial charge in [0.15, 0.2) is 0 Å². The van der Waals surface area contributed by atoms with Gasteiger partial charge in [-0.3, -0.25) is 0 Å². The third-order valence-corrected chi connectivity index (χ3v) is 7.50. The Morgan fingerprint density at radius 1 is 0.667 bits per heavy atom. The van der Waals surface area contributed by atoms with Crippen LogP contribution >= 0.6 is 20.4 Å². The van der Waals surface area contributed by atoms with Gasteiger partial charge in [-0.15, -0.1) is 0 Å². The Balaban J connectivity index is 2.94. The molecule has 0 atom stereocenters. The third-order valence-electron chi connectivity index (χ3n) is 5.06. The molecule has 3 rings (SSSR count). The summed E-state index contributed by atoms with van der Waals surface area (Å²) in [4.78, 5) is -2.23. The molecule has 0 saturated carbocycles. The van der Waals surface area contributed by atoms with Gasteiger partial charge in [-0.05, 0) is 11.1 Å². The lowest BCUT2D eigenvalue weighted by Gasteiger charge is -2.45. The highest BCUT2D eigenvalue weighted by molar-refractivity contribution is 8.46. The van der Waals surface area contributed by atoms with E-state index in [0.29, 0.717) is 0 Å². The average Bonchev–Trinajstić information content (AvgIpc) is 3.16. The van der Waals surface area contributed by atoms with Crippen LogP contribution in [0.5, 0.6) is 0 Å². The Morgan fingerprint density at radius 2 is 1.00 bits per heavy atom. The first-order valence-corrected chi connectivity index (χ1v) is 12.5. The minimum Gasteiger partial charge on any atom is -0.207 e. The second-order valence-corrected chi connectivity index (χ2v) is 12.1. The third kappa shape index (κ3) is 4.02. The standard InChI is InChI=1S/C18H4F12N4S2/c1-33-18(34-2)11-4-10-13(15(11)20)16(35(21,22,23,24)25)9-3-8(7(5-31)6-32)14(19)12(9)17(10)36(26,27,28,29)30/h3-4H2.